The number of halogens is 1. The summed E-state index contributed by atoms with van der Waals surface area (Å²) in [6.07, 6.45) is 3.44. The van der Waals surface area contributed by atoms with Crippen molar-refractivity contribution in [2.24, 2.45) is 4.99 Å². The third-order valence-electron chi connectivity index (χ3n) is 6.14. The maximum absolute atomic E-state index is 13.9. The minimum atomic E-state index is -0.776. The second kappa shape index (κ2) is 12.7. The number of aromatic nitrogens is 1. The smallest absolute Gasteiger partial charge is 0.338 e. The van der Waals surface area contributed by atoms with Crippen LogP contribution >= 0.6 is 33.9 Å². The van der Waals surface area contributed by atoms with Gasteiger partial charge in [0.25, 0.3) is 5.56 Å². The number of carbonyl (C=O) groups excluding carboxylic acids is 1. The number of esters is 1. The van der Waals surface area contributed by atoms with Gasteiger partial charge in [-0.1, -0.05) is 30.1 Å². The molecular weight excluding hydrogens is 647 g/mol. The topological polar surface area (TPSA) is 97.6 Å². The van der Waals surface area contributed by atoms with E-state index >= 15 is 0 Å². The van der Waals surface area contributed by atoms with Crippen molar-refractivity contribution in [2.45, 2.75) is 19.9 Å². The number of carbonyl (C=O) groups is 1. The van der Waals surface area contributed by atoms with Crippen molar-refractivity contribution in [3.63, 3.8) is 0 Å². The van der Waals surface area contributed by atoms with E-state index in [0.29, 0.717) is 50.2 Å². The SMILES string of the molecule is C=CCOc1c(I)cc(/C=c2\sc3n(c2=O)C(c2ccc(OC)c(OC)c2)C(C(=O)OCC)=C(C)N=3)cc1OC. The predicted octanol–water partition coefficient (Wildman–Crippen LogP) is 3.99. The maximum atomic E-state index is 13.9. The van der Waals surface area contributed by atoms with Crippen LogP contribution in [-0.2, 0) is 9.53 Å². The van der Waals surface area contributed by atoms with Crippen molar-refractivity contribution in [3.8, 4) is 23.0 Å². The Hall–Kier alpha value is -3.58. The molecule has 210 valence electrons. The fraction of sp³-hybridized carbons (Fsp3) is 0.276. The van der Waals surface area contributed by atoms with Crippen molar-refractivity contribution >= 4 is 46.0 Å². The largest absolute Gasteiger partial charge is 0.493 e. The maximum Gasteiger partial charge on any atom is 0.338 e. The lowest BCUT2D eigenvalue weighted by atomic mass is 9.95. The van der Waals surface area contributed by atoms with Gasteiger partial charge in [-0.25, -0.2) is 9.79 Å². The lowest BCUT2D eigenvalue weighted by Crippen LogP contribution is -2.40. The van der Waals surface area contributed by atoms with Crippen LogP contribution in [0.3, 0.4) is 0 Å². The second-order valence-electron chi connectivity index (χ2n) is 8.55. The first-order valence-corrected chi connectivity index (χ1v) is 14.2. The number of allylic oxidation sites excluding steroid dienone is 1. The number of ether oxygens (including phenoxy) is 5. The minimum absolute atomic E-state index is 0.186. The summed E-state index contributed by atoms with van der Waals surface area (Å²) in [5.41, 5.74) is 1.88. The van der Waals surface area contributed by atoms with E-state index in [2.05, 4.69) is 34.2 Å². The Morgan fingerprint density at radius 3 is 2.50 bits per heavy atom. The van der Waals surface area contributed by atoms with Gasteiger partial charge in [0.05, 0.1) is 53.4 Å². The van der Waals surface area contributed by atoms with Gasteiger partial charge in [-0.2, -0.15) is 0 Å². The molecule has 0 N–H and O–H groups in total. The van der Waals surface area contributed by atoms with Gasteiger partial charge >= 0.3 is 5.97 Å². The monoisotopic (exact) mass is 676 g/mol. The fourth-order valence-corrected chi connectivity index (χ4v) is 6.21. The number of thiazole rings is 1. The highest BCUT2D eigenvalue weighted by Crippen LogP contribution is 2.36. The number of hydrogen-bond donors (Lipinski definition) is 0. The van der Waals surface area contributed by atoms with Crippen LogP contribution in [-0.4, -0.2) is 45.1 Å². The molecule has 0 saturated heterocycles. The highest BCUT2D eigenvalue weighted by Gasteiger charge is 2.34. The molecule has 3 aromatic rings. The zero-order valence-corrected chi connectivity index (χ0v) is 25.8. The highest BCUT2D eigenvalue weighted by atomic mass is 127. The van der Waals surface area contributed by atoms with Crippen LogP contribution < -0.4 is 33.8 Å². The molecule has 0 radical (unpaired) electrons. The number of fused-ring (bicyclic) bond motifs is 1. The quantitative estimate of drug-likeness (QED) is 0.182. The summed E-state index contributed by atoms with van der Waals surface area (Å²) in [6, 6.07) is 8.23. The summed E-state index contributed by atoms with van der Waals surface area (Å²) in [4.78, 5) is 32.2. The Kier molecular flexibility index (Phi) is 9.36. The lowest BCUT2D eigenvalue weighted by Gasteiger charge is -2.25. The Morgan fingerprint density at radius 2 is 1.85 bits per heavy atom. The number of methoxy groups -OCH3 is 3. The third kappa shape index (κ3) is 5.66. The van der Waals surface area contributed by atoms with Crippen molar-refractivity contribution in [3.05, 3.63) is 88.6 Å². The lowest BCUT2D eigenvalue weighted by molar-refractivity contribution is -0.139. The molecule has 2 aromatic carbocycles. The van der Waals surface area contributed by atoms with E-state index in [1.807, 2.05) is 6.07 Å². The van der Waals surface area contributed by atoms with E-state index in [-0.39, 0.29) is 17.7 Å². The first kappa shape index (κ1) is 29.4. The van der Waals surface area contributed by atoms with E-state index in [0.717, 1.165) is 9.13 Å². The van der Waals surface area contributed by atoms with Crippen molar-refractivity contribution in [2.75, 3.05) is 34.5 Å². The first-order chi connectivity index (χ1) is 19.3. The van der Waals surface area contributed by atoms with Crippen LogP contribution in [0.2, 0.25) is 0 Å². The van der Waals surface area contributed by atoms with Gasteiger partial charge in [-0.15, -0.1) is 0 Å². The summed E-state index contributed by atoms with van der Waals surface area (Å²) < 4.78 is 30.4. The summed E-state index contributed by atoms with van der Waals surface area (Å²) >= 11 is 3.41. The first-order valence-electron chi connectivity index (χ1n) is 12.3. The zero-order chi connectivity index (χ0) is 29.0. The fourth-order valence-electron chi connectivity index (χ4n) is 4.39. The molecule has 0 bridgehead atoms. The highest BCUT2D eigenvalue weighted by molar-refractivity contribution is 14.1. The van der Waals surface area contributed by atoms with Gasteiger partial charge in [0, 0.05) is 0 Å². The van der Waals surface area contributed by atoms with Gasteiger partial charge in [-0.05, 0) is 77.9 Å². The molecule has 0 spiro atoms. The minimum Gasteiger partial charge on any atom is -0.493 e. The van der Waals surface area contributed by atoms with E-state index in [1.54, 1.807) is 64.5 Å². The Balaban J connectivity index is 1.93. The summed E-state index contributed by atoms with van der Waals surface area (Å²) in [7, 11) is 4.64. The molecule has 1 atom stereocenters. The summed E-state index contributed by atoms with van der Waals surface area (Å²) in [6.45, 7) is 7.69. The molecule has 0 fully saturated rings. The van der Waals surface area contributed by atoms with Crippen LogP contribution in [0.15, 0.2) is 64.0 Å². The van der Waals surface area contributed by atoms with Crippen LogP contribution in [0.25, 0.3) is 6.08 Å². The average molecular weight is 677 g/mol. The third-order valence-corrected chi connectivity index (χ3v) is 7.92. The number of hydrogen-bond acceptors (Lipinski definition) is 9. The zero-order valence-electron chi connectivity index (χ0n) is 22.8. The standard InChI is InChI=1S/C29H29IN2O7S/c1-7-11-39-26-19(30)12-17(13-22(26)37-6)14-23-27(33)32-25(18-9-10-20(35-4)21(15-18)36-5)24(28(34)38-8-2)16(3)31-29(32)40-23/h7,9-10,12-15,25H,1,8,11H2,2-6H3/b23-14-. The molecule has 2 heterocycles. The van der Waals surface area contributed by atoms with E-state index in [4.69, 9.17) is 23.7 Å². The van der Waals surface area contributed by atoms with Gasteiger partial charge in [0.2, 0.25) is 0 Å². The van der Waals surface area contributed by atoms with E-state index in [1.165, 1.54) is 23.0 Å². The molecule has 1 unspecified atom stereocenters. The van der Waals surface area contributed by atoms with Crippen LogP contribution in [0, 0.1) is 3.57 Å². The van der Waals surface area contributed by atoms with Gasteiger partial charge in [-0.3, -0.25) is 9.36 Å². The van der Waals surface area contributed by atoms with Crippen molar-refractivity contribution in [1.29, 1.82) is 0 Å². The second-order valence-corrected chi connectivity index (χ2v) is 10.7. The van der Waals surface area contributed by atoms with Crippen LogP contribution in [0.5, 0.6) is 23.0 Å². The molecular formula is C29H29IN2O7S. The van der Waals surface area contributed by atoms with Gasteiger partial charge < -0.3 is 23.7 Å². The van der Waals surface area contributed by atoms with Crippen molar-refractivity contribution < 1.29 is 28.5 Å². The Labute approximate surface area is 249 Å². The number of benzene rings is 2. The molecule has 1 aromatic heterocycles. The average Bonchev–Trinajstić information content (AvgIpc) is 3.24. The molecule has 0 aliphatic carbocycles. The van der Waals surface area contributed by atoms with E-state index < -0.39 is 12.0 Å². The molecule has 1 aliphatic rings. The van der Waals surface area contributed by atoms with Gasteiger partial charge in [0.15, 0.2) is 27.8 Å². The predicted molar refractivity (Wildman–Crippen MR) is 161 cm³/mol. The van der Waals surface area contributed by atoms with E-state index in [9.17, 15) is 9.59 Å². The molecule has 9 nitrogen and oxygen atoms in total. The van der Waals surface area contributed by atoms with Crippen LogP contribution in [0.1, 0.15) is 31.0 Å². The van der Waals surface area contributed by atoms with Gasteiger partial charge in [0.1, 0.15) is 6.61 Å². The number of rotatable bonds is 10. The molecule has 1 aliphatic heterocycles. The molecule has 40 heavy (non-hydrogen) atoms. The molecule has 0 amide bonds. The Morgan fingerprint density at radius 1 is 1.12 bits per heavy atom. The van der Waals surface area contributed by atoms with Crippen molar-refractivity contribution in [1.82, 2.24) is 4.57 Å². The molecule has 11 heteroatoms. The van der Waals surface area contributed by atoms with Crippen LogP contribution in [0.4, 0.5) is 0 Å². The Bertz CT molecular complexity index is 1670. The molecule has 0 saturated carbocycles. The molecule has 4 rings (SSSR count). The summed E-state index contributed by atoms with van der Waals surface area (Å²) in [5.74, 6) is 1.61. The normalized spacial score (nSPS) is 14.8. The summed E-state index contributed by atoms with van der Waals surface area (Å²) in [5, 5.41) is 0. The number of nitrogens with zero attached hydrogens (tertiary/aromatic N) is 2.